The second-order valence-electron chi connectivity index (χ2n) is 21.3. The largest absolute Gasteiger partial charge is 1.00 e. The van der Waals surface area contributed by atoms with Crippen LogP contribution in [0.2, 0.25) is 0 Å². The van der Waals surface area contributed by atoms with E-state index in [0.29, 0.717) is 17.9 Å². The molecule has 6 aromatic rings. The fraction of sp³-hybridized carbons (Fsp3) is 0.623. The molecule has 4 fully saturated rings. The van der Waals surface area contributed by atoms with Gasteiger partial charge < -0.3 is 10.4 Å². The molecule has 6 aliphatic rings. The zero-order valence-electron chi connectivity index (χ0n) is 65.4. The number of benzene rings is 4. The SMILES string of the molecule is CBr.CC.CC.CC.CC.CC.CC.CC.CC.CC1(O)CCN(P)CC1.CC1=NC(C)c2ccccc21.CC1=NC(C)c2ccccc21.CC1CCN(P)CC1.CC1CCNCC1.Cc1[nH]nc2ccccc12.Cc1nn(C)c2ccccc12.O=C1CCN(P)CC1.[H+]. The van der Waals surface area contributed by atoms with Crippen LogP contribution in [-0.4, -0.2) is 120 Å². The predicted octanol–water partition coefficient (Wildman–Crippen LogP) is 21.8. The molecule has 5 atom stereocenters. The van der Waals surface area contributed by atoms with Gasteiger partial charge in [-0.1, -0.05) is 254 Å². The lowest BCUT2D eigenvalue weighted by Gasteiger charge is -2.33. The van der Waals surface area contributed by atoms with Crippen molar-refractivity contribution < 1.29 is 11.3 Å². The van der Waals surface area contributed by atoms with Crippen LogP contribution in [0.3, 0.4) is 0 Å². The monoisotopic (exact) mass is 1410 g/mol. The Labute approximate surface area is 590 Å². The number of nitrogens with zero attached hydrogens (tertiary/aromatic N) is 8. The first-order chi connectivity index (χ1) is 44.8. The van der Waals surface area contributed by atoms with Gasteiger partial charge in [-0.2, -0.15) is 10.2 Å². The number of para-hydroxylation sites is 2. The van der Waals surface area contributed by atoms with Gasteiger partial charge in [0.25, 0.3) is 0 Å². The second kappa shape index (κ2) is 63.2. The molecule has 4 aromatic carbocycles. The minimum absolute atomic E-state index is 0. The van der Waals surface area contributed by atoms with Crippen LogP contribution in [0, 0.1) is 25.7 Å². The van der Waals surface area contributed by atoms with Crippen molar-refractivity contribution in [3.63, 3.8) is 0 Å². The molecule has 0 radical (unpaired) electrons. The normalized spacial score (nSPS) is 17.0. The lowest BCUT2D eigenvalue weighted by molar-refractivity contribution is -0.120. The third-order valence-electron chi connectivity index (χ3n) is 14.6. The van der Waals surface area contributed by atoms with Crippen LogP contribution in [-0.2, 0) is 11.8 Å². The van der Waals surface area contributed by atoms with Crippen LogP contribution in [0.4, 0.5) is 0 Å². The molecular formula is C77H143BrN10O2P3+. The molecule has 93 heavy (non-hydrogen) atoms. The number of fused-ring (bicyclic) bond motifs is 4. The summed E-state index contributed by atoms with van der Waals surface area (Å²) >= 11 is 2.94. The molecule has 12 nitrogen and oxygen atoms in total. The van der Waals surface area contributed by atoms with Gasteiger partial charge in [0, 0.05) is 98.2 Å². The molecule has 0 amide bonds. The van der Waals surface area contributed by atoms with Crippen LogP contribution in [0.5, 0.6) is 0 Å². The van der Waals surface area contributed by atoms with Crippen molar-refractivity contribution in [2.45, 2.75) is 242 Å². The highest BCUT2D eigenvalue weighted by Gasteiger charge is 2.25. The fourth-order valence-electron chi connectivity index (χ4n) is 9.50. The minimum atomic E-state index is -0.396. The van der Waals surface area contributed by atoms with Crippen molar-refractivity contribution in [3.05, 3.63) is 131 Å². The van der Waals surface area contributed by atoms with Crippen LogP contribution in [0.1, 0.15) is 258 Å². The molecule has 8 heterocycles. The summed E-state index contributed by atoms with van der Waals surface area (Å²) in [4.78, 5) is 19.5. The Morgan fingerprint density at radius 2 is 0.892 bits per heavy atom. The third-order valence-corrected chi connectivity index (χ3v) is 16.2. The van der Waals surface area contributed by atoms with E-state index >= 15 is 0 Å². The summed E-state index contributed by atoms with van der Waals surface area (Å²) in [5.41, 5.74) is 11.8. The van der Waals surface area contributed by atoms with Crippen molar-refractivity contribution in [3.8, 4) is 0 Å². The number of aryl methyl sites for hydroxylation is 3. The van der Waals surface area contributed by atoms with E-state index in [1.807, 2.05) is 179 Å². The topological polar surface area (TPSA) is 130 Å². The molecule has 534 valence electrons. The summed E-state index contributed by atoms with van der Waals surface area (Å²) in [5.74, 6) is 4.16. The Balaban J connectivity index is -0.000000228. The number of piperidine rings is 4. The number of hydrogen-bond acceptors (Lipinski definition) is 10. The third kappa shape index (κ3) is 42.0. The van der Waals surface area contributed by atoms with Gasteiger partial charge in [0.15, 0.2) is 0 Å². The highest BCUT2D eigenvalue weighted by Crippen LogP contribution is 2.29. The maximum absolute atomic E-state index is 10.6. The van der Waals surface area contributed by atoms with Crippen molar-refractivity contribution in [2.24, 2.45) is 28.9 Å². The number of Topliss-reactive ketones (excluding diaryl/α,β-unsaturated/α-hetero) is 1. The highest BCUT2D eigenvalue weighted by atomic mass is 79.9. The number of H-pyrrole nitrogens is 1. The van der Waals surface area contributed by atoms with E-state index in [-0.39, 0.29) is 1.43 Å². The Morgan fingerprint density at radius 3 is 1.26 bits per heavy atom. The van der Waals surface area contributed by atoms with Crippen molar-refractivity contribution in [1.29, 1.82) is 0 Å². The zero-order valence-corrected chi connectivity index (χ0v) is 69.5. The minimum Gasteiger partial charge on any atom is -0.390 e. The van der Waals surface area contributed by atoms with E-state index in [1.54, 1.807) is 0 Å². The summed E-state index contributed by atoms with van der Waals surface area (Å²) in [6.45, 7) is 59.9. The van der Waals surface area contributed by atoms with Crippen LogP contribution in [0.25, 0.3) is 21.8 Å². The molecule has 16 heteroatoms. The van der Waals surface area contributed by atoms with Crippen LogP contribution < -0.4 is 5.32 Å². The van der Waals surface area contributed by atoms with Crippen LogP contribution >= 0.6 is 44.1 Å². The van der Waals surface area contributed by atoms with Gasteiger partial charge in [-0.15, -0.1) is 0 Å². The highest BCUT2D eigenvalue weighted by molar-refractivity contribution is 9.08. The molecule has 3 N–H and O–H groups in total. The Hall–Kier alpha value is -3.60. The Kier molecular flexibility index (Phi) is 66.6. The molecule has 12 rings (SSSR count). The number of carbonyl (C=O) groups excluding carboxylic acids is 1. The fourth-order valence-corrected chi connectivity index (χ4v) is 10.3. The van der Waals surface area contributed by atoms with Gasteiger partial charge in [0.05, 0.1) is 34.4 Å². The van der Waals surface area contributed by atoms with E-state index in [2.05, 4.69) is 197 Å². The van der Waals surface area contributed by atoms with E-state index in [0.717, 1.165) is 80.6 Å². The quantitative estimate of drug-likeness (QED) is 0.101. The lowest BCUT2D eigenvalue weighted by atomic mass is 9.95. The van der Waals surface area contributed by atoms with E-state index in [9.17, 15) is 9.90 Å². The summed E-state index contributed by atoms with van der Waals surface area (Å²) in [5, 5.41) is 26.6. The molecule has 0 saturated carbocycles. The number of aromatic nitrogens is 4. The first-order valence-electron chi connectivity index (χ1n) is 35.7. The van der Waals surface area contributed by atoms with E-state index in [1.165, 1.54) is 102 Å². The molecule has 2 aromatic heterocycles. The van der Waals surface area contributed by atoms with E-state index < -0.39 is 5.60 Å². The van der Waals surface area contributed by atoms with Crippen molar-refractivity contribution >= 4 is 83.1 Å². The number of halogens is 1. The van der Waals surface area contributed by atoms with Crippen molar-refractivity contribution in [1.82, 2.24) is 39.3 Å². The van der Waals surface area contributed by atoms with Crippen molar-refractivity contribution in [2.75, 3.05) is 58.2 Å². The maximum Gasteiger partial charge on any atom is 1.00 e. The second-order valence-corrected chi connectivity index (χ2v) is 23.5. The molecule has 0 aliphatic carbocycles. The summed E-state index contributed by atoms with van der Waals surface area (Å²) in [6, 6.07) is 33.9. The average Bonchev–Trinajstić information content (AvgIpc) is 1.73. The first kappa shape index (κ1) is 98.1. The molecule has 4 saturated heterocycles. The smallest absolute Gasteiger partial charge is 0.390 e. The molecular weight excluding hydrogens is 1270 g/mol. The molecule has 6 aliphatic heterocycles. The number of ketones is 1. The van der Waals surface area contributed by atoms with Gasteiger partial charge in [0.2, 0.25) is 0 Å². The zero-order chi connectivity index (χ0) is 72.5. The van der Waals surface area contributed by atoms with Gasteiger partial charge in [-0.3, -0.25) is 38.6 Å². The van der Waals surface area contributed by atoms with Gasteiger partial charge >= 0.3 is 1.43 Å². The number of aliphatic imine (C=N–C) groups is 2. The van der Waals surface area contributed by atoms with Gasteiger partial charge in [0.1, 0.15) is 5.78 Å². The average molecular weight is 1410 g/mol. The lowest BCUT2D eigenvalue weighted by Crippen LogP contribution is -2.37. The standard InChI is InChI=1S/2C10H11N.C9H10N2.C8H8N2.C6H14NOP.C6H14NP.C6H13N.C5H10NOP.8C2H6.CH3Br/c2*1-7-9-5-3-4-6-10(9)8(2)11-7;1-7-8-5-3-4-6-9(8)11(2)10-7;1-6-7-4-2-3-5-8(7)10-9-6;1-6(8)2-4-7(9)5-3-6;1-6-2-4-7(8)5-3-6;1-6-2-4-7-5-3-6;7-5-1-3-6(8)4-2-5;9*1-2/h2*3-7H,1-2H3;3-6H,1-2H3;2-5H,1H3,(H,9,10);8H,2-5,9H2,1H3;6H,2-5,8H2,1H3;6-7H,2-5H2,1H3;1-4,8H2;8*1-2H3;1H3/p+1. The number of aromatic amines is 1. The number of rotatable bonds is 0. The Bertz CT molecular complexity index is 2610. The van der Waals surface area contributed by atoms with E-state index in [4.69, 9.17) is 0 Å². The molecule has 0 spiro atoms. The molecule has 0 bridgehead atoms. The summed E-state index contributed by atoms with van der Waals surface area (Å²) in [6.07, 6.45) is 8.78. The maximum atomic E-state index is 10.6. The number of alkyl halides is 1. The van der Waals surface area contributed by atoms with Gasteiger partial charge in [-0.05, 0) is 141 Å². The summed E-state index contributed by atoms with van der Waals surface area (Å²) in [7, 11) is 9.98. The number of nitrogens with one attached hydrogen (secondary N) is 2. The number of carbonyl (C=O) groups is 1. The Morgan fingerprint density at radius 1 is 0.527 bits per heavy atom. The summed E-state index contributed by atoms with van der Waals surface area (Å²) < 4.78 is 8.49. The predicted molar refractivity (Wildman–Crippen MR) is 435 cm³/mol. The number of aliphatic hydroxyl groups is 1. The van der Waals surface area contributed by atoms with Gasteiger partial charge in [-0.25, -0.2) is 0 Å². The van der Waals surface area contributed by atoms with Crippen LogP contribution in [0.15, 0.2) is 107 Å². The number of hydrogen-bond donors (Lipinski definition) is 3. The first-order valence-corrected chi connectivity index (χ1v) is 38.8. The molecule has 5 unspecified atom stereocenters.